The van der Waals surface area contributed by atoms with E-state index in [1.165, 1.54) is 0 Å². The highest BCUT2D eigenvalue weighted by molar-refractivity contribution is 7.14. The summed E-state index contributed by atoms with van der Waals surface area (Å²) in [6, 6.07) is 2.03. The van der Waals surface area contributed by atoms with Gasteiger partial charge in [0, 0.05) is 21.9 Å². The number of rotatable bonds is 5. The summed E-state index contributed by atoms with van der Waals surface area (Å²) in [5, 5.41) is 16.5. The van der Waals surface area contributed by atoms with Crippen LogP contribution in [0, 0.1) is 0 Å². The molecule has 108 valence electrons. The first-order valence-corrected chi connectivity index (χ1v) is 8.37. The van der Waals surface area contributed by atoms with Crippen LogP contribution in [0.3, 0.4) is 0 Å². The zero-order valence-electron chi connectivity index (χ0n) is 11.4. The first kappa shape index (κ1) is 14.0. The predicted octanol–water partition coefficient (Wildman–Crippen LogP) is 3.34. The third-order valence-electron chi connectivity index (χ3n) is 3.02. The molecule has 1 amide bonds. The number of hydrogen-bond acceptors (Lipinski definition) is 5. The SMILES string of the molecule is CCc1cn[nH]c1NC(=O)Cc1csc(-c2ccsc2)n1. The zero-order valence-corrected chi connectivity index (χ0v) is 13.1. The van der Waals surface area contributed by atoms with Gasteiger partial charge in [-0.05, 0) is 17.9 Å². The molecule has 0 aliphatic rings. The minimum absolute atomic E-state index is 0.0869. The summed E-state index contributed by atoms with van der Waals surface area (Å²) >= 11 is 3.20. The number of nitrogens with one attached hydrogen (secondary N) is 2. The normalized spacial score (nSPS) is 10.7. The minimum atomic E-state index is -0.0869. The Kier molecular flexibility index (Phi) is 4.12. The largest absolute Gasteiger partial charge is 0.311 e. The number of aromatic nitrogens is 3. The minimum Gasteiger partial charge on any atom is -0.311 e. The molecule has 3 rings (SSSR count). The first-order chi connectivity index (χ1) is 10.3. The highest BCUT2D eigenvalue weighted by Crippen LogP contribution is 2.25. The lowest BCUT2D eigenvalue weighted by atomic mass is 10.2. The van der Waals surface area contributed by atoms with Gasteiger partial charge in [0.15, 0.2) is 0 Å². The van der Waals surface area contributed by atoms with E-state index in [1.54, 1.807) is 28.9 Å². The fraction of sp³-hybridized carbons (Fsp3) is 0.214. The summed E-state index contributed by atoms with van der Waals surface area (Å²) in [6.45, 7) is 2.02. The molecule has 0 spiro atoms. The molecule has 3 heterocycles. The van der Waals surface area contributed by atoms with Crippen LogP contribution in [0.2, 0.25) is 0 Å². The van der Waals surface area contributed by atoms with Gasteiger partial charge in [0.1, 0.15) is 10.8 Å². The summed E-state index contributed by atoms with van der Waals surface area (Å²) < 4.78 is 0. The molecule has 0 atom stereocenters. The maximum atomic E-state index is 12.1. The van der Waals surface area contributed by atoms with Crippen molar-refractivity contribution in [2.24, 2.45) is 0 Å². The fourth-order valence-corrected chi connectivity index (χ4v) is 3.47. The van der Waals surface area contributed by atoms with E-state index >= 15 is 0 Å². The van der Waals surface area contributed by atoms with Crippen molar-refractivity contribution in [2.45, 2.75) is 19.8 Å². The molecule has 0 aliphatic carbocycles. The summed E-state index contributed by atoms with van der Waals surface area (Å²) in [6.07, 6.45) is 2.82. The van der Waals surface area contributed by atoms with Crippen LogP contribution in [0.15, 0.2) is 28.4 Å². The molecule has 0 radical (unpaired) electrons. The molecular weight excluding hydrogens is 304 g/mol. The third kappa shape index (κ3) is 3.20. The van der Waals surface area contributed by atoms with Gasteiger partial charge in [0.25, 0.3) is 0 Å². The van der Waals surface area contributed by atoms with Gasteiger partial charge in [-0.15, -0.1) is 11.3 Å². The molecular formula is C14H14N4OS2. The van der Waals surface area contributed by atoms with E-state index in [4.69, 9.17) is 0 Å². The summed E-state index contributed by atoms with van der Waals surface area (Å²) in [7, 11) is 0. The number of carbonyl (C=O) groups is 1. The van der Waals surface area contributed by atoms with Crippen molar-refractivity contribution in [2.75, 3.05) is 5.32 Å². The lowest BCUT2D eigenvalue weighted by molar-refractivity contribution is -0.115. The monoisotopic (exact) mass is 318 g/mol. The Morgan fingerprint density at radius 2 is 2.33 bits per heavy atom. The number of carbonyl (C=O) groups excluding carboxylic acids is 1. The average Bonchev–Trinajstić information content (AvgIpc) is 3.19. The summed E-state index contributed by atoms with van der Waals surface area (Å²) in [5.41, 5.74) is 2.90. The number of H-pyrrole nitrogens is 1. The van der Waals surface area contributed by atoms with Crippen molar-refractivity contribution in [1.29, 1.82) is 0 Å². The third-order valence-corrected chi connectivity index (χ3v) is 4.65. The topological polar surface area (TPSA) is 70.7 Å². The molecule has 0 saturated carbocycles. The van der Waals surface area contributed by atoms with Gasteiger partial charge in [0.2, 0.25) is 5.91 Å². The van der Waals surface area contributed by atoms with Gasteiger partial charge in [-0.25, -0.2) is 4.98 Å². The van der Waals surface area contributed by atoms with Crippen LogP contribution in [0.5, 0.6) is 0 Å². The van der Waals surface area contributed by atoms with Crippen LogP contribution in [-0.4, -0.2) is 21.1 Å². The maximum absolute atomic E-state index is 12.1. The van der Waals surface area contributed by atoms with E-state index in [2.05, 4.69) is 25.9 Å². The number of aryl methyl sites for hydroxylation is 1. The number of thiophene rings is 1. The van der Waals surface area contributed by atoms with Crippen molar-refractivity contribution < 1.29 is 4.79 Å². The average molecular weight is 318 g/mol. The van der Waals surface area contributed by atoms with Crippen molar-refractivity contribution in [3.63, 3.8) is 0 Å². The van der Waals surface area contributed by atoms with Crippen LogP contribution >= 0.6 is 22.7 Å². The van der Waals surface area contributed by atoms with Crippen molar-refractivity contribution >= 4 is 34.4 Å². The Bertz CT molecular complexity index is 730. The molecule has 0 fully saturated rings. The van der Waals surface area contributed by atoms with Gasteiger partial charge in [-0.3, -0.25) is 9.89 Å². The Morgan fingerprint density at radius 1 is 1.43 bits per heavy atom. The number of nitrogens with zero attached hydrogens (tertiary/aromatic N) is 2. The number of aromatic amines is 1. The standard InChI is InChI=1S/C14H14N4OS2/c1-2-9-6-15-18-13(9)17-12(19)5-11-8-21-14(16-11)10-3-4-20-7-10/h3-4,6-8H,2,5H2,1H3,(H2,15,17,18,19). The number of thiazole rings is 1. The lowest BCUT2D eigenvalue weighted by Gasteiger charge is -2.03. The van der Waals surface area contributed by atoms with Gasteiger partial charge in [-0.2, -0.15) is 16.4 Å². The van der Waals surface area contributed by atoms with Crippen molar-refractivity contribution in [3.8, 4) is 10.6 Å². The molecule has 0 bridgehead atoms. The van der Waals surface area contributed by atoms with Gasteiger partial charge < -0.3 is 5.32 Å². The molecule has 0 aliphatic heterocycles. The van der Waals surface area contributed by atoms with E-state index in [0.29, 0.717) is 5.82 Å². The second kappa shape index (κ2) is 6.19. The van der Waals surface area contributed by atoms with E-state index < -0.39 is 0 Å². The summed E-state index contributed by atoms with van der Waals surface area (Å²) in [5.74, 6) is 0.590. The van der Waals surface area contributed by atoms with Crippen molar-refractivity contribution in [1.82, 2.24) is 15.2 Å². The van der Waals surface area contributed by atoms with E-state index in [1.807, 2.05) is 23.8 Å². The Labute approximate surface area is 130 Å². The van der Waals surface area contributed by atoms with E-state index in [9.17, 15) is 4.79 Å². The molecule has 0 aromatic carbocycles. The summed E-state index contributed by atoms with van der Waals surface area (Å²) in [4.78, 5) is 16.6. The fourth-order valence-electron chi connectivity index (χ4n) is 1.94. The number of anilines is 1. The molecule has 0 unspecified atom stereocenters. The van der Waals surface area contributed by atoms with E-state index in [0.717, 1.165) is 28.2 Å². The Morgan fingerprint density at radius 3 is 3.10 bits per heavy atom. The zero-order chi connectivity index (χ0) is 14.7. The first-order valence-electron chi connectivity index (χ1n) is 6.55. The quantitative estimate of drug-likeness (QED) is 0.758. The highest BCUT2D eigenvalue weighted by atomic mass is 32.1. The molecule has 3 aromatic rings. The second-order valence-electron chi connectivity index (χ2n) is 4.50. The Balaban J connectivity index is 1.65. The Hall–Kier alpha value is -1.99. The molecule has 7 heteroatoms. The van der Waals surface area contributed by atoms with Crippen LogP contribution < -0.4 is 5.32 Å². The van der Waals surface area contributed by atoms with Crippen LogP contribution in [-0.2, 0) is 17.6 Å². The van der Waals surface area contributed by atoms with Gasteiger partial charge in [0.05, 0.1) is 18.3 Å². The van der Waals surface area contributed by atoms with Crippen LogP contribution in [0.25, 0.3) is 10.6 Å². The van der Waals surface area contributed by atoms with Gasteiger partial charge >= 0.3 is 0 Å². The van der Waals surface area contributed by atoms with Crippen LogP contribution in [0.4, 0.5) is 5.82 Å². The smallest absolute Gasteiger partial charge is 0.231 e. The van der Waals surface area contributed by atoms with Crippen molar-refractivity contribution in [3.05, 3.63) is 39.7 Å². The predicted molar refractivity (Wildman–Crippen MR) is 85.7 cm³/mol. The maximum Gasteiger partial charge on any atom is 0.231 e. The second-order valence-corrected chi connectivity index (χ2v) is 6.14. The molecule has 3 aromatic heterocycles. The molecule has 2 N–H and O–H groups in total. The lowest BCUT2D eigenvalue weighted by Crippen LogP contribution is -2.15. The number of amides is 1. The van der Waals surface area contributed by atoms with E-state index in [-0.39, 0.29) is 12.3 Å². The highest BCUT2D eigenvalue weighted by Gasteiger charge is 2.11. The number of hydrogen-bond donors (Lipinski definition) is 2. The van der Waals surface area contributed by atoms with Gasteiger partial charge in [-0.1, -0.05) is 6.92 Å². The molecule has 21 heavy (non-hydrogen) atoms. The van der Waals surface area contributed by atoms with Crippen LogP contribution in [0.1, 0.15) is 18.2 Å². The molecule has 5 nitrogen and oxygen atoms in total. The molecule has 0 saturated heterocycles.